The van der Waals surface area contributed by atoms with Crippen molar-refractivity contribution in [3.05, 3.63) is 12.7 Å². The van der Waals surface area contributed by atoms with E-state index in [4.69, 9.17) is 0 Å². The van der Waals surface area contributed by atoms with E-state index in [0.29, 0.717) is 5.04 Å². The van der Waals surface area contributed by atoms with E-state index in [1.807, 2.05) is 0 Å². The maximum atomic E-state index is 4.07. The van der Waals surface area contributed by atoms with E-state index in [1.165, 1.54) is 12.8 Å². The SMILES string of the molecule is C=CC(CCCC#C[SiH](C)C)[Si](C)(C)C(C)(C)C. The summed E-state index contributed by atoms with van der Waals surface area (Å²) in [6, 6.07) is 0. The number of rotatable bonds is 5. The smallest absolute Gasteiger partial charge is 0.116 e. The van der Waals surface area contributed by atoms with Crippen LogP contribution in [0.15, 0.2) is 12.7 Å². The van der Waals surface area contributed by atoms with Gasteiger partial charge in [0.05, 0.1) is 8.07 Å². The first kappa shape index (κ1) is 17.7. The molecule has 0 aromatic carbocycles. The van der Waals surface area contributed by atoms with Crippen molar-refractivity contribution in [2.24, 2.45) is 0 Å². The fraction of sp³-hybridized carbons (Fsp3) is 0.750. The molecule has 0 rings (SSSR count). The summed E-state index contributed by atoms with van der Waals surface area (Å²) in [5, 5.41) is 0.447. The molecule has 0 aliphatic heterocycles. The van der Waals surface area contributed by atoms with Crippen molar-refractivity contribution in [1.82, 2.24) is 0 Å². The fourth-order valence-corrected chi connectivity index (χ4v) is 5.20. The second-order valence-electron chi connectivity index (χ2n) is 7.18. The molecule has 0 aliphatic rings. The van der Waals surface area contributed by atoms with Crippen LogP contribution in [0, 0.1) is 11.5 Å². The van der Waals surface area contributed by atoms with Gasteiger partial charge in [-0.1, -0.05) is 53.0 Å². The third-order valence-electron chi connectivity index (χ3n) is 4.35. The summed E-state index contributed by atoms with van der Waals surface area (Å²) in [6.07, 6.45) is 5.79. The maximum absolute atomic E-state index is 4.07. The third-order valence-corrected chi connectivity index (χ3v) is 11.4. The quantitative estimate of drug-likeness (QED) is 0.279. The molecule has 0 aliphatic carbocycles. The van der Waals surface area contributed by atoms with Crippen LogP contribution in [-0.2, 0) is 0 Å². The van der Waals surface area contributed by atoms with E-state index >= 15 is 0 Å². The summed E-state index contributed by atoms with van der Waals surface area (Å²) in [4.78, 5) is 0. The van der Waals surface area contributed by atoms with Crippen LogP contribution in [0.3, 0.4) is 0 Å². The minimum absolute atomic E-state index is 0.447. The molecule has 18 heavy (non-hydrogen) atoms. The zero-order chi connectivity index (χ0) is 14.4. The Kier molecular flexibility index (Phi) is 7.25. The summed E-state index contributed by atoms with van der Waals surface area (Å²) in [6.45, 7) is 20.8. The zero-order valence-electron chi connectivity index (χ0n) is 13.6. The largest absolute Gasteiger partial charge is 0.136 e. The highest BCUT2D eigenvalue weighted by molar-refractivity contribution is 6.81. The molecule has 0 radical (unpaired) electrons. The lowest BCUT2D eigenvalue weighted by atomic mass is 10.2. The molecule has 0 heterocycles. The van der Waals surface area contributed by atoms with Crippen molar-refractivity contribution in [1.29, 1.82) is 0 Å². The molecular weight excluding hydrogens is 248 g/mol. The van der Waals surface area contributed by atoms with Gasteiger partial charge in [0, 0.05) is 6.42 Å². The molecule has 0 aromatic heterocycles. The van der Waals surface area contributed by atoms with E-state index in [0.717, 1.165) is 12.0 Å². The predicted octanol–water partition coefficient (Wildman–Crippen LogP) is 5.25. The van der Waals surface area contributed by atoms with Crippen molar-refractivity contribution in [3.63, 3.8) is 0 Å². The number of hydrogen-bond acceptors (Lipinski definition) is 0. The van der Waals surface area contributed by atoms with Gasteiger partial charge in [-0.2, -0.15) is 0 Å². The van der Waals surface area contributed by atoms with E-state index in [9.17, 15) is 0 Å². The molecule has 0 saturated heterocycles. The fourth-order valence-electron chi connectivity index (χ4n) is 2.02. The van der Waals surface area contributed by atoms with E-state index in [1.54, 1.807) is 0 Å². The number of unbranched alkanes of at least 4 members (excludes halogenated alkanes) is 1. The highest BCUT2D eigenvalue weighted by Crippen LogP contribution is 2.45. The van der Waals surface area contributed by atoms with Crippen LogP contribution in [0.25, 0.3) is 0 Å². The van der Waals surface area contributed by atoms with Crippen LogP contribution < -0.4 is 0 Å². The van der Waals surface area contributed by atoms with Crippen LogP contribution in [0.2, 0.25) is 36.8 Å². The van der Waals surface area contributed by atoms with Gasteiger partial charge in [-0.05, 0) is 23.4 Å². The Morgan fingerprint density at radius 1 is 1.28 bits per heavy atom. The van der Waals surface area contributed by atoms with Crippen LogP contribution in [0.1, 0.15) is 40.0 Å². The van der Waals surface area contributed by atoms with Gasteiger partial charge >= 0.3 is 0 Å². The highest BCUT2D eigenvalue weighted by Gasteiger charge is 2.40. The van der Waals surface area contributed by atoms with Gasteiger partial charge in [0.25, 0.3) is 0 Å². The molecule has 0 spiro atoms. The molecule has 0 bridgehead atoms. The Hall–Kier alpha value is -0.266. The van der Waals surface area contributed by atoms with Crippen molar-refractivity contribution in [2.45, 2.75) is 76.8 Å². The molecule has 0 N–H and O–H groups in total. The Balaban J connectivity index is 4.39. The van der Waals surface area contributed by atoms with Crippen LogP contribution in [-0.4, -0.2) is 16.9 Å². The first-order valence-corrected chi connectivity index (χ1v) is 13.2. The van der Waals surface area contributed by atoms with Crippen molar-refractivity contribution in [3.8, 4) is 11.5 Å². The van der Waals surface area contributed by atoms with Crippen LogP contribution in [0.5, 0.6) is 0 Å². The van der Waals surface area contributed by atoms with Gasteiger partial charge < -0.3 is 0 Å². The third kappa shape index (κ3) is 5.58. The molecule has 0 aromatic rings. The second-order valence-corrected chi connectivity index (χ2v) is 15.5. The van der Waals surface area contributed by atoms with Crippen molar-refractivity contribution in [2.75, 3.05) is 0 Å². The Bertz CT molecular complexity index is 310. The topological polar surface area (TPSA) is 0 Å². The number of allylic oxidation sites excluding steroid dienone is 1. The van der Waals surface area contributed by atoms with Gasteiger partial charge in [0.15, 0.2) is 0 Å². The summed E-state index contributed by atoms with van der Waals surface area (Å²) in [5.74, 6) is 3.35. The summed E-state index contributed by atoms with van der Waals surface area (Å²) < 4.78 is 0. The molecule has 0 fully saturated rings. The van der Waals surface area contributed by atoms with E-state index in [2.05, 4.69) is 71.1 Å². The monoisotopic (exact) mass is 280 g/mol. The average Bonchev–Trinajstić information content (AvgIpc) is 2.20. The van der Waals surface area contributed by atoms with Crippen LogP contribution >= 0.6 is 0 Å². The second kappa shape index (κ2) is 7.35. The van der Waals surface area contributed by atoms with Gasteiger partial charge in [0.1, 0.15) is 8.80 Å². The molecule has 0 saturated carbocycles. The Morgan fingerprint density at radius 2 is 1.83 bits per heavy atom. The standard InChI is InChI=1S/C16H32Si2/c1-9-15(18(7,8)16(2,3)4)13-11-10-12-14-17(5)6/h9,15,17H,1,10-11,13H2,2-8H3. The van der Waals surface area contributed by atoms with E-state index in [-0.39, 0.29) is 0 Å². The lowest BCUT2D eigenvalue weighted by molar-refractivity contribution is 0.667. The first-order chi connectivity index (χ1) is 8.13. The van der Waals surface area contributed by atoms with Gasteiger partial charge in [0.2, 0.25) is 0 Å². The molecule has 104 valence electrons. The molecule has 2 heteroatoms. The minimum atomic E-state index is -1.27. The van der Waals surface area contributed by atoms with Gasteiger partial charge in [-0.3, -0.25) is 0 Å². The molecule has 1 unspecified atom stereocenters. The lowest BCUT2D eigenvalue weighted by Gasteiger charge is -2.42. The zero-order valence-corrected chi connectivity index (χ0v) is 15.7. The predicted molar refractivity (Wildman–Crippen MR) is 91.6 cm³/mol. The molecule has 0 amide bonds. The highest BCUT2D eigenvalue weighted by atomic mass is 28.3. The normalized spacial score (nSPS) is 14.0. The molecular formula is C16H32Si2. The Morgan fingerprint density at radius 3 is 2.22 bits per heavy atom. The molecule has 0 nitrogen and oxygen atoms in total. The summed E-state index contributed by atoms with van der Waals surface area (Å²) >= 11 is 0. The van der Waals surface area contributed by atoms with Crippen molar-refractivity contribution < 1.29 is 0 Å². The summed E-state index contributed by atoms with van der Waals surface area (Å²) in [5.41, 5.74) is 4.10. The molecule has 1 atom stereocenters. The van der Waals surface area contributed by atoms with E-state index < -0.39 is 16.9 Å². The Labute approximate surface area is 118 Å². The lowest BCUT2D eigenvalue weighted by Crippen LogP contribution is -2.41. The van der Waals surface area contributed by atoms with Crippen molar-refractivity contribution >= 4 is 16.9 Å². The maximum Gasteiger partial charge on any atom is 0.116 e. The first-order valence-electron chi connectivity index (χ1n) is 7.24. The van der Waals surface area contributed by atoms with Crippen LogP contribution in [0.4, 0.5) is 0 Å². The minimum Gasteiger partial charge on any atom is -0.136 e. The number of hydrogen-bond donors (Lipinski definition) is 0. The summed E-state index contributed by atoms with van der Waals surface area (Å²) in [7, 11) is -1.95. The van der Waals surface area contributed by atoms with Gasteiger partial charge in [-0.15, -0.1) is 18.0 Å². The average molecular weight is 281 g/mol. The van der Waals surface area contributed by atoms with Gasteiger partial charge in [-0.25, -0.2) is 0 Å².